The van der Waals surface area contributed by atoms with E-state index < -0.39 is 5.97 Å². The van der Waals surface area contributed by atoms with Crippen LogP contribution in [0, 0.1) is 11.8 Å². The van der Waals surface area contributed by atoms with E-state index in [9.17, 15) is 4.79 Å². The fourth-order valence-electron chi connectivity index (χ4n) is 0.696. The van der Waals surface area contributed by atoms with Crippen molar-refractivity contribution in [3.63, 3.8) is 0 Å². The molecular formula is C9H9N3O2. The zero-order valence-electron chi connectivity index (χ0n) is 7.87. The number of carbonyl (C=O) groups excluding carboxylic acids is 1. The van der Waals surface area contributed by atoms with E-state index >= 15 is 0 Å². The molecule has 0 unspecified atom stereocenters. The molecular weight excluding hydrogens is 182 g/mol. The molecule has 1 heterocycles. The van der Waals surface area contributed by atoms with Crippen molar-refractivity contribution in [3.8, 4) is 11.8 Å². The van der Waals surface area contributed by atoms with Gasteiger partial charge in [-0.2, -0.15) is 0 Å². The number of hydrogen-bond donors (Lipinski definition) is 1. The first-order valence-corrected chi connectivity index (χ1v) is 3.86. The van der Waals surface area contributed by atoms with Gasteiger partial charge in [0, 0.05) is 25.4 Å². The van der Waals surface area contributed by atoms with Gasteiger partial charge < -0.3 is 10.1 Å². The summed E-state index contributed by atoms with van der Waals surface area (Å²) >= 11 is 0. The van der Waals surface area contributed by atoms with Gasteiger partial charge in [0.15, 0.2) is 0 Å². The standard InChI is InChI=1S/C9H9N3O2/c1-10-9-11-5-7(6-12-9)3-4-8(13)14-2/h5-6H,1-2H3,(H,10,11,12). The monoisotopic (exact) mass is 191 g/mol. The second-order valence-corrected chi connectivity index (χ2v) is 2.29. The Kier molecular flexibility index (Phi) is 3.44. The van der Waals surface area contributed by atoms with Crippen LogP contribution in [0.4, 0.5) is 5.95 Å². The predicted molar refractivity (Wildman–Crippen MR) is 50.5 cm³/mol. The Morgan fingerprint density at radius 2 is 2.14 bits per heavy atom. The first-order valence-electron chi connectivity index (χ1n) is 3.86. The summed E-state index contributed by atoms with van der Waals surface area (Å²) < 4.78 is 4.35. The summed E-state index contributed by atoms with van der Waals surface area (Å²) in [6.45, 7) is 0. The number of esters is 1. The number of nitrogens with one attached hydrogen (secondary N) is 1. The zero-order valence-corrected chi connectivity index (χ0v) is 7.87. The van der Waals surface area contributed by atoms with Crippen LogP contribution < -0.4 is 5.32 Å². The summed E-state index contributed by atoms with van der Waals surface area (Å²) in [5, 5.41) is 2.77. The maximum absolute atomic E-state index is 10.7. The van der Waals surface area contributed by atoms with Gasteiger partial charge in [-0.3, -0.25) is 0 Å². The lowest BCUT2D eigenvalue weighted by atomic mass is 10.3. The maximum atomic E-state index is 10.7. The second-order valence-electron chi connectivity index (χ2n) is 2.29. The number of nitrogens with zero attached hydrogens (tertiary/aromatic N) is 2. The van der Waals surface area contributed by atoms with E-state index in [-0.39, 0.29) is 0 Å². The first kappa shape index (κ1) is 9.99. The van der Waals surface area contributed by atoms with Crippen molar-refractivity contribution >= 4 is 11.9 Å². The van der Waals surface area contributed by atoms with Crippen molar-refractivity contribution in [3.05, 3.63) is 18.0 Å². The number of hydrogen-bond acceptors (Lipinski definition) is 5. The van der Waals surface area contributed by atoms with Gasteiger partial charge in [0.05, 0.1) is 12.7 Å². The van der Waals surface area contributed by atoms with Crippen molar-refractivity contribution in [2.45, 2.75) is 0 Å². The van der Waals surface area contributed by atoms with Crippen LogP contribution in [0.25, 0.3) is 0 Å². The van der Waals surface area contributed by atoms with E-state index in [1.807, 2.05) is 0 Å². The van der Waals surface area contributed by atoms with Crippen LogP contribution in [0.5, 0.6) is 0 Å². The minimum atomic E-state index is -0.581. The van der Waals surface area contributed by atoms with E-state index in [1.165, 1.54) is 19.5 Å². The Morgan fingerprint density at radius 3 is 2.64 bits per heavy atom. The average Bonchev–Trinajstić information content (AvgIpc) is 2.26. The van der Waals surface area contributed by atoms with Gasteiger partial charge >= 0.3 is 5.97 Å². The van der Waals surface area contributed by atoms with Crippen molar-refractivity contribution in [2.75, 3.05) is 19.5 Å². The third-order valence-electron chi connectivity index (χ3n) is 1.37. The van der Waals surface area contributed by atoms with Gasteiger partial charge in [0.2, 0.25) is 5.95 Å². The van der Waals surface area contributed by atoms with E-state index in [0.717, 1.165) is 0 Å². The molecule has 0 aliphatic rings. The number of anilines is 1. The predicted octanol–water partition coefficient (Wildman–Crippen LogP) is 0.0428. The van der Waals surface area contributed by atoms with Gasteiger partial charge in [-0.05, 0) is 0 Å². The fourth-order valence-corrected chi connectivity index (χ4v) is 0.696. The largest absolute Gasteiger partial charge is 0.459 e. The molecule has 0 aromatic carbocycles. The molecule has 0 amide bonds. The number of rotatable bonds is 1. The summed E-state index contributed by atoms with van der Waals surface area (Å²) in [5.41, 5.74) is 0.564. The lowest BCUT2D eigenvalue weighted by Gasteiger charge is -1.95. The Morgan fingerprint density at radius 1 is 1.50 bits per heavy atom. The van der Waals surface area contributed by atoms with E-state index in [2.05, 4.69) is 31.9 Å². The van der Waals surface area contributed by atoms with E-state index in [1.54, 1.807) is 7.05 Å². The van der Waals surface area contributed by atoms with Crippen molar-refractivity contribution in [2.24, 2.45) is 0 Å². The molecule has 0 fully saturated rings. The Labute approximate surface area is 81.5 Å². The lowest BCUT2D eigenvalue weighted by molar-refractivity contribution is -0.133. The molecule has 5 nitrogen and oxygen atoms in total. The number of aromatic nitrogens is 2. The summed E-state index contributed by atoms with van der Waals surface area (Å²) in [4.78, 5) is 18.5. The molecule has 0 spiro atoms. The molecule has 0 saturated carbocycles. The Bertz CT molecular complexity index is 375. The normalized spacial score (nSPS) is 8.43. The van der Waals surface area contributed by atoms with Crippen LogP contribution in [-0.4, -0.2) is 30.1 Å². The third kappa shape index (κ3) is 2.75. The van der Waals surface area contributed by atoms with Gasteiger partial charge in [-0.25, -0.2) is 14.8 Å². The maximum Gasteiger partial charge on any atom is 0.384 e. The van der Waals surface area contributed by atoms with E-state index in [0.29, 0.717) is 11.5 Å². The summed E-state index contributed by atoms with van der Waals surface area (Å²) in [6, 6.07) is 0. The molecule has 0 saturated heterocycles. The van der Waals surface area contributed by atoms with Crippen LogP contribution >= 0.6 is 0 Å². The number of carbonyl (C=O) groups is 1. The second kappa shape index (κ2) is 4.82. The zero-order chi connectivity index (χ0) is 10.4. The minimum absolute atomic E-state index is 0.508. The molecule has 0 aliphatic carbocycles. The highest BCUT2D eigenvalue weighted by Gasteiger charge is 1.93. The molecule has 0 bridgehead atoms. The van der Waals surface area contributed by atoms with Crippen molar-refractivity contribution < 1.29 is 9.53 Å². The molecule has 1 aromatic heterocycles. The lowest BCUT2D eigenvalue weighted by Crippen LogP contribution is -1.97. The third-order valence-corrected chi connectivity index (χ3v) is 1.37. The van der Waals surface area contributed by atoms with Gasteiger partial charge in [-0.15, -0.1) is 0 Å². The van der Waals surface area contributed by atoms with E-state index in [4.69, 9.17) is 0 Å². The Hall–Kier alpha value is -2.09. The van der Waals surface area contributed by atoms with Gasteiger partial charge in [-0.1, -0.05) is 5.92 Å². The average molecular weight is 191 g/mol. The summed E-state index contributed by atoms with van der Waals surface area (Å²) in [6.07, 6.45) is 3.05. The van der Waals surface area contributed by atoms with Crippen molar-refractivity contribution in [1.29, 1.82) is 0 Å². The molecule has 0 atom stereocenters. The minimum Gasteiger partial charge on any atom is -0.459 e. The summed E-state index contributed by atoms with van der Waals surface area (Å²) in [5.74, 6) is 4.77. The highest BCUT2D eigenvalue weighted by Crippen LogP contribution is 1.96. The molecule has 1 N–H and O–H groups in total. The number of methoxy groups -OCH3 is 1. The Balaban J connectivity index is 2.76. The van der Waals surface area contributed by atoms with Crippen LogP contribution in [0.3, 0.4) is 0 Å². The van der Waals surface area contributed by atoms with Gasteiger partial charge in [0.1, 0.15) is 0 Å². The molecule has 14 heavy (non-hydrogen) atoms. The summed E-state index contributed by atoms with van der Waals surface area (Å²) in [7, 11) is 2.99. The van der Waals surface area contributed by atoms with Crippen LogP contribution in [0.1, 0.15) is 5.56 Å². The first-order chi connectivity index (χ1) is 6.76. The highest BCUT2D eigenvalue weighted by atomic mass is 16.5. The fraction of sp³-hybridized carbons (Fsp3) is 0.222. The SMILES string of the molecule is CNc1ncc(C#CC(=O)OC)cn1. The molecule has 5 heteroatoms. The molecule has 72 valence electrons. The van der Waals surface area contributed by atoms with Crippen molar-refractivity contribution in [1.82, 2.24) is 9.97 Å². The molecule has 1 rings (SSSR count). The van der Waals surface area contributed by atoms with Crippen LogP contribution in [0.2, 0.25) is 0 Å². The molecule has 1 aromatic rings. The molecule has 0 aliphatic heterocycles. The highest BCUT2D eigenvalue weighted by molar-refractivity contribution is 5.88. The van der Waals surface area contributed by atoms with Gasteiger partial charge in [0.25, 0.3) is 0 Å². The molecule has 0 radical (unpaired) electrons. The van der Waals surface area contributed by atoms with Crippen LogP contribution in [0.15, 0.2) is 12.4 Å². The quantitative estimate of drug-likeness (QED) is 0.501. The van der Waals surface area contributed by atoms with Crippen LogP contribution in [-0.2, 0) is 9.53 Å². The number of ether oxygens (including phenoxy) is 1. The topological polar surface area (TPSA) is 64.1 Å². The smallest absolute Gasteiger partial charge is 0.384 e.